The number of ether oxygens (including phenoxy) is 3. The van der Waals surface area contributed by atoms with Crippen molar-refractivity contribution in [2.45, 2.75) is 95.7 Å². The van der Waals surface area contributed by atoms with Gasteiger partial charge in [-0.15, -0.1) is 0 Å². The number of carbonyl (C=O) groups excluding carboxylic acids is 5. The van der Waals surface area contributed by atoms with E-state index in [1.165, 1.54) is 18.2 Å². The maximum Gasteiger partial charge on any atom is 0.306 e. The highest BCUT2D eigenvalue weighted by atomic mass is 16.7. The molecule has 7 N–H and O–H groups in total. The Hall–Kier alpha value is -4.05. The molecule has 1 fully saturated rings. The summed E-state index contributed by atoms with van der Waals surface area (Å²) in [5.41, 5.74) is 2.01. The van der Waals surface area contributed by atoms with Gasteiger partial charge < -0.3 is 45.5 Å². The fraction of sp³-hybridized carbons (Fsp3) is 0.500. The van der Waals surface area contributed by atoms with Crippen LogP contribution in [0.25, 0.3) is 0 Å². The number of nitrogens with two attached hydrogens (primary N) is 1. The second-order valence-electron chi connectivity index (χ2n) is 12.9. The van der Waals surface area contributed by atoms with E-state index in [4.69, 9.17) is 19.9 Å². The number of rotatable bonds is 10. The normalized spacial score (nSPS) is 26.5. The highest BCUT2D eigenvalue weighted by Crippen LogP contribution is 2.52. The average Bonchev–Trinajstić information content (AvgIpc) is 3.04. The molecule has 1 heterocycles. The van der Waals surface area contributed by atoms with E-state index < -0.39 is 108 Å². The molecule has 0 aromatic heterocycles. The Morgan fingerprint density at radius 3 is 2.40 bits per heavy atom. The average molecular weight is 670 g/mol. The summed E-state index contributed by atoms with van der Waals surface area (Å²) in [5.74, 6) is -5.49. The van der Waals surface area contributed by atoms with Crippen molar-refractivity contribution in [3.05, 3.63) is 57.1 Å². The molecule has 258 valence electrons. The molecule has 6 atom stereocenters. The van der Waals surface area contributed by atoms with E-state index in [0.717, 1.165) is 0 Å². The third kappa shape index (κ3) is 6.27. The summed E-state index contributed by atoms with van der Waals surface area (Å²) >= 11 is 0. The van der Waals surface area contributed by atoms with E-state index in [1.54, 1.807) is 20.8 Å². The minimum absolute atomic E-state index is 0.0429. The van der Waals surface area contributed by atoms with Crippen molar-refractivity contribution in [1.82, 2.24) is 0 Å². The molecule has 14 nitrogen and oxygen atoms in total. The van der Waals surface area contributed by atoms with Gasteiger partial charge in [-0.25, -0.2) is 0 Å². The molecule has 0 amide bonds. The zero-order valence-electron chi connectivity index (χ0n) is 26.7. The Morgan fingerprint density at radius 2 is 1.75 bits per heavy atom. The molecule has 0 saturated carbocycles. The predicted molar refractivity (Wildman–Crippen MR) is 164 cm³/mol. The summed E-state index contributed by atoms with van der Waals surface area (Å²) in [6.45, 7) is 3.43. The largest absolute Gasteiger partial charge is 0.507 e. The number of benzene rings is 2. The number of phenols is 2. The van der Waals surface area contributed by atoms with Crippen molar-refractivity contribution >= 4 is 29.1 Å². The summed E-state index contributed by atoms with van der Waals surface area (Å²) in [6.07, 6.45) is -6.05. The van der Waals surface area contributed by atoms with Crippen LogP contribution in [0.2, 0.25) is 0 Å². The number of esters is 1. The van der Waals surface area contributed by atoms with Crippen LogP contribution in [-0.4, -0.2) is 91.4 Å². The van der Waals surface area contributed by atoms with Gasteiger partial charge >= 0.3 is 5.97 Å². The van der Waals surface area contributed by atoms with Crippen LogP contribution in [-0.2, 0) is 41.6 Å². The van der Waals surface area contributed by atoms with Crippen LogP contribution in [0.5, 0.6) is 11.5 Å². The van der Waals surface area contributed by atoms with Gasteiger partial charge in [-0.1, -0.05) is 32.0 Å². The monoisotopic (exact) mass is 669 g/mol. The summed E-state index contributed by atoms with van der Waals surface area (Å²) in [5, 5.41) is 55.1. The van der Waals surface area contributed by atoms with E-state index >= 15 is 0 Å². The first-order valence-corrected chi connectivity index (χ1v) is 15.7. The number of carbonyl (C=O) groups is 5. The van der Waals surface area contributed by atoms with Gasteiger partial charge in [0.15, 0.2) is 24.5 Å². The van der Waals surface area contributed by atoms with Gasteiger partial charge in [-0.05, 0) is 12.5 Å². The number of hydrogen-bond acceptors (Lipinski definition) is 14. The maximum atomic E-state index is 13.8. The zero-order valence-corrected chi connectivity index (χ0v) is 26.7. The van der Waals surface area contributed by atoms with Crippen LogP contribution in [0, 0.1) is 5.92 Å². The van der Waals surface area contributed by atoms with Gasteiger partial charge in [0.05, 0.1) is 42.5 Å². The van der Waals surface area contributed by atoms with Crippen molar-refractivity contribution in [3.8, 4) is 11.5 Å². The molecule has 2 aliphatic carbocycles. The quantitative estimate of drug-likeness (QED) is 0.131. The third-order valence-corrected chi connectivity index (χ3v) is 9.32. The number of aliphatic hydroxyl groups is 3. The molecule has 48 heavy (non-hydrogen) atoms. The van der Waals surface area contributed by atoms with E-state index in [-0.39, 0.29) is 58.8 Å². The second kappa shape index (κ2) is 13.5. The van der Waals surface area contributed by atoms with Crippen LogP contribution in [0.15, 0.2) is 18.2 Å². The van der Waals surface area contributed by atoms with Crippen molar-refractivity contribution < 1.29 is 63.7 Å². The van der Waals surface area contributed by atoms with Crippen molar-refractivity contribution in [1.29, 1.82) is 0 Å². The lowest BCUT2D eigenvalue weighted by atomic mass is 9.71. The number of fused-ring (bicyclic) bond motifs is 3. The molecule has 14 heteroatoms. The molecule has 1 saturated heterocycles. The van der Waals surface area contributed by atoms with Crippen LogP contribution in [0.3, 0.4) is 0 Å². The third-order valence-electron chi connectivity index (χ3n) is 9.32. The fourth-order valence-corrected chi connectivity index (χ4v) is 6.53. The Kier molecular flexibility index (Phi) is 9.88. The summed E-state index contributed by atoms with van der Waals surface area (Å²) in [4.78, 5) is 65.2. The number of Topliss-reactive ketones (excluding diaryl/α,β-unsaturated/α-hetero) is 2. The first kappa shape index (κ1) is 35.3. The van der Waals surface area contributed by atoms with Gasteiger partial charge in [0.2, 0.25) is 5.78 Å². The van der Waals surface area contributed by atoms with Crippen LogP contribution >= 0.6 is 0 Å². The summed E-state index contributed by atoms with van der Waals surface area (Å²) < 4.78 is 16.9. The van der Waals surface area contributed by atoms with Gasteiger partial charge in [-0.2, -0.15) is 0 Å². The smallest absolute Gasteiger partial charge is 0.306 e. The number of hydrogen-bond donors (Lipinski definition) is 6. The Balaban J connectivity index is 1.54. The molecule has 0 spiro atoms. The van der Waals surface area contributed by atoms with Crippen molar-refractivity contribution in [2.75, 3.05) is 6.61 Å². The molecule has 2 aromatic rings. The number of ketones is 4. The standard InChI is InChI=1S/C34H39NO13/c1-14(2)20(37)7-8-23(39)46-13-22(38)34(45)10-18-26(21(11-34)48-24-9-19(35)29(40)15(3)47-24)33(44)28-27(31(18)42)30(41)17-6-4-5-16(12-36)25(17)32(28)43/h4-6,14-15,19,21,24,29,36,40,42,44-45H,7-13,35H2,1-3H3/t15-,19-,21-,24-,29+,34-/m0/s1. The topological polar surface area (TPSA) is 240 Å². The van der Waals surface area contributed by atoms with Gasteiger partial charge in [0.25, 0.3) is 0 Å². The van der Waals surface area contributed by atoms with Gasteiger partial charge in [-0.3, -0.25) is 24.0 Å². The first-order valence-electron chi connectivity index (χ1n) is 15.7. The molecule has 5 rings (SSSR count). The Bertz CT molecular complexity index is 1670. The highest BCUT2D eigenvalue weighted by molar-refractivity contribution is 6.31. The molecule has 2 aromatic carbocycles. The number of aromatic hydroxyl groups is 2. The molecular weight excluding hydrogens is 630 g/mol. The highest BCUT2D eigenvalue weighted by Gasteiger charge is 2.50. The van der Waals surface area contributed by atoms with Crippen LogP contribution < -0.4 is 5.73 Å². The molecule has 3 aliphatic rings. The maximum absolute atomic E-state index is 13.8. The van der Waals surface area contributed by atoms with Crippen molar-refractivity contribution in [2.24, 2.45) is 11.7 Å². The number of aliphatic hydroxyl groups excluding tert-OH is 2. The molecule has 0 radical (unpaired) electrons. The predicted octanol–water partition coefficient (Wildman–Crippen LogP) is 1.04. The SMILES string of the molecule is CC(C)C(=O)CCC(=O)OCC(=O)[C@]1(O)Cc2c(O)c3c(c(O)c2[C@@H](O[C@H]2C[C@H](N)[C@H](O)[C@H](C)O2)C1)C(=O)c1c(CO)cccc1C3=O. The van der Waals surface area contributed by atoms with E-state index in [1.807, 2.05) is 0 Å². The minimum Gasteiger partial charge on any atom is -0.507 e. The van der Waals surface area contributed by atoms with Gasteiger partial charge in [0.1, 0.15) is 22.9 Å². The minimum atomic E-state index is -2.38. The van der Waals surface area contributed by atoms with Crippen LogP contribution in [0.1, 0.15) is 101 Å². The molecule has 1 aliphatic heterocycles. The lowest BCUT2D eigenvalue weighted by Crippen LogP contribution is -2.53. The van der Waals surface area contributed by atoms with Gasteiger partial charge in [0, 0.05) is 59.9 Å². The summed E-state index contributed by atoms with van der Waals surface area (Å²) in [6, 6.07) is 3.43. The number of phenolic OH excluding ortho intramolecular Hbond substituents is 2. The first-order chi connectivity index (χ1) is 22.6. The van der Waals surface area contributed by atoms with E-state index in [0.29, 0.717) is 0 Å². The molecule has 0 bridgehead atoms. The van der Waals surface area contributed by atoms with E-state index in [2.05, 4.69) is 0 Å². The van der Waals surface area contributed by atoms with Crippen molar-refractivity contribution in [3.63, 3.8) is 0 Å². The van der Waals surface area contributed by atoms with E-state index in [9.17, 15) is 49.5 Å². The fourth-order valence-electron chi connectivity index (χ4n) is 6.53. The molecular formula is C34H39NO13. The lowest BCUT2D eigenvalue weighted by Gasteiger charge is -2.42. The second-order valence-corrected chi connectivity index (χ2v) is 12.9. The Labute approximate surface area is 275 Å². The summed E-state index contributed by atoms with van der Waals surface area (Å²) in [7, 11) is 0. The molecule has 0 unspecified atom stereocenters. The lowest BCUT2D eigenvalue weighted by molar-refractivity contribution is -0.247. The zero-order chi connectivity index (χ0) is 35.2. The Morgan fingerprint density at radius 1 is 1.06 bits per heavy atom. The van der Waals surface area contributed by atoms with Crippen LogP contribution in [0.4, 0.5) is 0 Å².